The Morgan fingerprint density at radius 2 is 2.00 bits per heavy atom. The first-order chi connectivity index (χ1) is 10.2. The van der Waals surface area contributed by atoms with Gasteiger partial charge in [0.1, 0.15) is 12.1 Å². The van der Waals surface area contributed by atoms with Gasteiger partial charge in [0.25, 0.3) is 0 Å². The number of rotatable bonds is 4. The summed E-state index contributed by atoms with van der Waals surface area (Å²) in [6, 6.07) is 9.72. The minimum absolute atomic E-state index is 0.619. The van der Waals surface area contributed by atoms with Gasteiger partial charge in [-0.25, -0.2) is 14.6 Å². The van der Waals surface area contributed by atoms with Crippen LogP contribution in [0.15, 0.2) is 42.9 Å². The van der Waals surface area contributed by atoms with Crippen molar-refractivity contribution in [2.24, 2.45) is 0 Å². The van der Waals surface area contributed by atoms with Crippen molar-refractivity contribution in [2.75, 3.05) is 5.32 Å². The number of anilines is 1. The molecule has 6 heteroatoms. The number of nitrogens with one attached hydrogen (secondary N) is 1. The second kappa shape index (κ2) is 5.70. The summed E-state index contributed by atoms with van der Waals surface area (Å²) in [7, 11) is 0. The van der Waals surface area contributed by atoms with Gasteiger partial charge in [0, 0.05) is 18.0 Å². The standard InChI is InChI=1S/C15H16N6/c1-11-7-12(2)21(20-11)15-8-14(18-10-19-15)17-9-13-5-3-4-6-16-13/h3-8,10H,9H2,1-2H3,(H,17,18,19). The topological polar surface area (TPSA) is 68.5 Å². The molecule has 0 aromatic carbocycles. The molecular formula is C15H16N6. The Kier molecular flexibility index (Phi) is 3.59. The molecule has 1 N–H and O–H groups in total. The Hall–Kier alpha value is -2.76. The lowest BCUT2D eigenvalue weighted by atomic mass is 10.3. The van der Waals surface area contributed by atoms with Crippen LogP contribution in [-0.2, 0) is 6.54 Å². The van der Waals surface area contributed by atoms with Gasteiger partial charge in [-0.3, -0.25) is 4.98 Å². The summed E-state index contributed by atoms with van der Waals surface area (Å²) >= 11 is 0. The minimum Gasteiger partial charge on any atom is -0.364 e. The highest BCUT2D eigenvalue weighted by Gasteiger charge is 2.06. The smallest absolute Gasteiger partial charge is 0.159 e. The lowest BCUT2D eigenvalue weighted by Gasteiger charge is -2.07. The molecule has 0 aliphatic rings. The molecule has 0 spiro atoms. The number of hydrogen-bond acceptors (Lipinski definition) is 5. The minimum atomic E-state index is 0.619. The SMILES string of the molecule is Cc1cc(C)n(-c2cc(NCc3ccccn3)ncn2)n1. The molecule has 3 rings (SSSR count). The van der Waals surface area contributed by atoms with Crippen molar-refractivity contribution in [3.05, 3.63) is 59.9 Å². The van der Waals surface area contributed by atoms with Crippen molar-refractivity contribution in [3.63, 3.8) is 0 Å². The molecule has 3 aromatic heterocycles. The summed E-state index contributed by atoms with van der Waals surface area (Å²) in [5.41, 5.74) is 2.97. The van der Waals surface area contributed by atoms with Gasteiger partial charge in [-0.2, -0.15) is 5.10 Å². The van der Waals surface area contributed by atoms with E-state index in [1.807, 2.05) is 48.9 Å². The zero-order valence-electron chi connectivity index (χ0n) is 12.0. The molecule has 106 valence electrons. The highest BCUT2D eigenvalue weighted by Crippen LogP contribution is 2.12. The third-order valence-corrected chi connectivity index (χ3v) is 3.06. The summed E-state index contributed by atoms with van der Waals surface area (Å²) < 4.78 is 1.81. The first-order valence-corrected chi connectivity index (χ1v) is 6.72. The molecule has 0 atom stereocenters. The average molecular weight is 280 g/mol. The van der Waals surface area contributed by atoms with Gasteiger partial charge in [0.15, 0.2) is 5.82 Å². The molecule has 21 heavy (non-hydrogen) atoms. The molecule has 0 fully saturated rings. The van der Waals surface area contributed by atoms with E-state index in [1.54, 1.807) is 6.20 Å². The van der Waals surface area contributed by atoms with Crippen molar-refractivity contribution in [1.29, 1.82) is 0 Å². The van der Waals surface area contributed by atoms with Gasteiger partial charge >= 0.3 is 0 Å². The number of nitrogens with zero attached hydrogens (tertiary/aromatic N) is 5. The Balaban J connectivity index is 1.79. The first-order valence-electron chi connectivity index (χ1n) is 6.72. The fourth-order valence-electron chi connectivity index (χ4n) is 2.10. The van der Waals surface area contributed by atoms with Gasteiger partial charge in [-0.15, -0.1) is 0 Å². The molecule has 0 amide bonds. The Morgan fingerprint density at radius 3 is 2.71 bits per heavy atom. The van der Waals surface area contributed by atoms with Gasteiger partial charge < -0.3 is 5.32 Å². The quantitative estimate of drug-likeness (QED) is 0.794. The Bertz CT molecular complexity index is 735. The summed E-state index contributed by atoms with van der Waals surface area (Å²) in [4.78, 5) is 12.8. The van der Waals surface area contributed by atoms with Crippen molar-refractivity contribution in [2.45, 2.75) is 20.4 Å². The maximum absolute atomic E-state index is 4.43. The average Bonchev–Trinajstić information content (AvgIpc) is 2.85. The molecule has 0 bridgehead atoms. The molecule has 0 unspecified atom stereocenters. The van der Waals surface area contributed by atoms with Gasteiger partial charge in [-0.05, 0) is 32.0 Å². The van der Waals surface area contributed by atoms with E-state index < -0.39 is 0 Å². The van der Waals surface area contributed by atoms with Crippen molar-refractivity contribution >= 4 is 5.82 Å². The largest absolute Gasteiger partial charge is 0.364 e. The molecule has 3 heterocycles. The van der Waals surface area contributed by atoms with Crippen LogP contribution in [0.25, 0.3) is 5.82 Å². The highest BCUT2D eigenvalue weighted by molar-refractivity contribution is 5.41. The molecule has 3 aromatic rings. The Morgan fingerprint density at radius 1 is 1.10 bits per heavy atom. The number of pyridine rings is 1. The zero-order valence-corrected chi connectivity index (χ0v) is 12.0. The summed E-state index contributed by atoms with van der Waals surface area (Å²) in [5, 5.41) is 7.67. The number of hydrogen-bond donors (Lipinski definition) is 1. The third kappa shape index (κ3) is 3.05. The third-order valence-electron chi connectivity index (χ3n) is 3.06. The van der Waals surface area contributed by atoms with Crippen molar-refractivity contribution in [3.8, 4) is 5.82 Å². The van der Waals surface area contributed by atoms with Gasteiger partial charge in [0.05, 0.1) is 17.9 Å². The van der Waals surface area contributed by atoms with E-state index in [-0.39, 0.29) is 0 Å². The second-order valence-electron chi connectivity index (χ2n) is 4.77. The zero-order chi connectivity index (χ0) is 14.7. The van der Waals surface area contributed by atoms with Crippen LogP contribution in [0.5, 0.6) is 0 Å². The van der Waals surface area contributed by atoms with E-state index in [0.29, 0.717) is 6.54 Å². The lowest BCUT2D eigenvalue weighted by Crippen LogP contribution is -2.06. The normalized spacial score (nSPS) is 10.6. The molecule has 0 radical (unpaired) electrons. The Labute approximate surface area is 122 Å². The van der Waals surface area contributed by atoms with Crippen LogP contribution in [0.2, 0.25) is 0 Å². The van der Waals surface area contributed by atoms with Crippen LogP contribution in [0.4, 0.5) is 5.82 Å². The fraction of sp³-hybridized carbons (Fsp3) is 0.200. The molecule has 0 saturated heterocycles. The van der Waals surface area contributed by atoms with E-state index in [4.69, 9.17) is 0 Å². The highest BCUT2D eigenvalue weighted by atomic mass is 15.3. The van der Waals surface area contributed by atoms with Crippen LogP contribution in [0, 0.1) is 13.8 Å². The lowest BCUT2D eigenvalue weighted by molar-refractivity contribution is 0.800. The van der Waals surface area contributed by atoms with Crippen molar-refractivity contribution in [1.82, 2.24) is 24.7 Å². The first kappa shape index (κ1) is 13.2. The van der Waals surface area contributed by atoms with E-state index in [2.05, 4.69) is 25.4 Å². The van der Waals surface area contributed by atoms with E-state index in [1.165, 1.54) is 6.33 Å². The molecule has 0 saturated carbocycles. The van der Waals surface area contributed by atoms with Crippen LogP contribution in [-0.4, -0.2) is 24.7 Å². The molecule has 0 aliphatic carbocycles. The fourth-order valence-corrected chi connectivity index (χ4v) is 2.10. The number of aromatic nitrogens is 5. The van der Waals surface area contributed by atoms with Gasteiger partial charge in [0.2, 0.25) is 0 Å². The van der Waals surface area contributed by atoms with E-state index >= 15 is 0 Å². The summed E-state index contributed by atoms with van der Waals surface area (Å²) in [5.74, 6) is 1.50. The maximum Gasteiger partial charge on any atom is 0.159 e. The van der Waals surface area contributed by atoms with Crippen LogP contribution >= 0.6 is 0 Å². The van der Waals surface area contributed by atoms with E-state index in [9.17, 15) is 0 Å². The predicted molar refractivity (Wildman–Crippen MR) is 80.2 cm³/mol. The monoisotopic (exact) mass is 280 g/mol. The summed E-state index contributed by atoms with van der Waals surface area (Å²) in [6.45, 7) is 4.59. The van der Waals surface area contributed by atoms with E-state index in [0.717, 1.165) is 28.7 Å². The second-order valence-corrected chi connectivity index (χ2v) is 4.77. The van der Waals surface area contributed by atoms with Crippen LogP contribution < -0.4 is 5.32 Å². The van der Waals surface area contributed by atoms with Gasteiger partial charge in [-0.1, -0.05) is 6.07 Å². The molecule has 0 aliphatic heterocycles. The molecular weight excluding hydrogens is 264 g/mol. The van der Waals surface area contributed by atoms with Crippen molar-refractivity contribution < 1.29 is 0 Å². The maximum atomic E-state index is 4.43. The van der Waals surface area contributed by atoms with Crippen LogP contribution in [0.1, 0.15) is 17.1 Å². The molecule has 6 nitrogen and oxygen atoms in total. The summed E-state index contributed by atoms with van der Waals surface area (Å²) in [6.07, 6.45) is 3.31. The predicted octanol–water partition coefficient (Wildman–Crippen LogP) is 2.29. The van der Waals surface area contributed by atoms with Crippen LogP contribution in [0.3, 0.4) is 0 Å². The number of aryl methyl sites for hydroxylation is 2.